The first-order valence-corrected chi connectivity index (χ1v) is 15.4. The number of halogens is 5. The van der Waals surface area contributed by atoms with Crippen LogP contribution in [0.3, 0.4) is 0 Å². The molecule has 1 radical (unpaired) electrons. The van der Waals surface area contributed by atoms with E-state index in [1.165, 1.54) is 22.3 Å². The fourth-order valence-corrected chi connectivity index (χ4v) is 4.57. The van der Waals surface area contributed by atoms with E-state index in [2.05, 4.69) is 117 Å². The number of Topliss-reactive ketones (excluding diaryl/α,β-unsaturated/α-hetero) is 1. The van der Waals surface area contributed by atoms with E-state index in [1.807, 2.05) is 24.4 Å². The number of hydrogen-bond acceptors (Lipinski definition) is 2. The van der Waals surface area contributed by atoms with Gasteiger partial charge >= 0.3 is 19.5 Å². The molecule has 0 fully saturated rings. The Balaban J connectivity index is 0.000000413. The molecule has 1 aliphatic rings. The molecule has 255 valence electrons. The zero-order valence-corrected chi connectivity index (χ0v) is 30.5. The van der Waals surface area contributed by atoms with Crippen LogP contribution in [0.5, 0.6) is 0 Å². The maximum absolute atomic E-state index is 12.8. The van der Waals surface area contributed by atoms with Crippen molar-refractivity contribution in [2.45, 2.75) is 87.0 Å². The Morgan fingerprint density at radius 3 is 1.66 bits per heavy atom. The Morgan fingerprint density at radius 1 is 0.745 bits per heavy atom. The standard InChI is InChI=1S/C23H31NO.C10H14.C6F5.Ru/c1-15(2)18-11-9-12-19(16(3)4)21(18)24-14-17-10-8-13-20(22(17)25)23(5,6)7;1-8(2)10-6-4-9(3)5-7-10;7-2-1-3(8)5(10)6(11)4(2)9;/h8-16,24H,1-7H3;4-8H,1-3H3;;/q;;-1;+1/b17-14+;;;. The second-order valence-corrected chi connectivity index (χ2v) is 13.1. The van der Waals surface area contributed by atoms with Crippen molar-refractivity contribution >= 4 is 11.5 Å². The summed E-state index contributed by atoms with van der Waals surface area (Å²) >= 11 is 0. The molecule has 1 aliphatic carbocycles. The molecule has 0 aromatic heterocycles. The third-order valence-electron chi connectivity index (χ3n) is 7.33. The summed E-state index contributed by atoms with van der Waals surface area (Å²) in [6.07, 6.45) is 7.65. The summed E-state index contributed by atoms with van der Waals surface area (Å²) in [6.45, 7) is 21.6. The molecule has 2 nitrogen and oxygen atoms in total. The summed E-state index contributed by atoms with van der Waals surface area (Å²) in [5, 5.41) is 3.46. The van der Waals surface area contributed by atoms with E-state index < -0.39 is 29.1 Å². The molecule has 0 saturated heterocycles. The Hall–Kier alpha value is -3.38. The van der Waals surface area contributed by atoms with Crippen LogP contribution in [0.2, 0.25) is 0 Å². The van der Waals surface area contributed by atoms with Crippen LogP contribution in [-0.4, -0.2) is 5.78 Å². The van der Waals surface area contributed by atoms with Gasteiger partial charge in [0.25, 0.3) is 0 Å². The monoisotopic (exact) mass is 740 g/mol. The van der Waals surface area contributed by atoms with Gasteiger partial charge in [0.1, 0.15) is 0 Å². The third kappa shape index (κ3) is 11.7. The average molecular weight is 740 g/mol. The minimum absolute atomic E-state index is 0. The fraction of sp³-hybridized carbons (Fsp3) is 0.359. The largest absolute Gasteiger partial charge is 1.00 e. The van der Waals surface area contributed by atoms with Crippen LogP contribution in [0, 0.1) is 47.5 Å². The van der Waals surface area contributed by atoms with Crippen molar-refractivity contribution in [3.05, 3.63) is 135 Å². The molecule has 0 unspecified atom stereocenters. The fourth-order valence-electron chi connectivity index (χ4n) is 4.57. The number of allylic oxidation sites excluding steroid dienone is 5. The molecule has 4 rings (SSSR count). The van der Waals surface area contributed by atoms with E-state index in [4.69, 9.17) is 0 Å². The van der Waals surface area contributed by atoms with E-state index in [0.29, 0.717) is 23.3 Å². The van der Waals surface area contributed by atoms with Gasteiger partial charge in [0, 0.05) is 23.0 Å². The topological polar surface area (TPSA) is 29.1 Å². The molecular weight excluding hydrogens is 694 g/mol. The third-order valence-corrected chi connectivity index (χ3v) is 7.33. The maximum Gasteiger partial charge on any atom is 1.00 e. The van der Waals surface area contributed by atoms with E-state index in [-0.39, 0.29) is 30.7 Å². The molecule has 0 aliphatic heterocycles. The predicted molar refractivity (Wildman–Crippen MR) is 178 cm³/mol. The average Bonchev–Trinajstić information content (AvgIpc) is 2.98. The van der Waals surface area contributed by atoms with Crippen LogP contribution in [0.4, 0.5) is 27.6 Å². The van der Waals surface area contributed by atoms with Gasteiger partial charge in [-0.25, -0.2) is 13.2 Å². The van der Waals surface area contributed by atoms with Gasteiger partial charge in [-0.3, -0.25) is 13.6 Å². The molecule has 47 heavy (non-hydrogen) atoms. The van der Waals surface area contributed by atoms with Crippen molar-refractivity contribution in [2.24, 2.45) is 5.41 Å². The Bertz CT molecular complexity index is 1540. The molecule has 1 N–H and O–H groups in total. The number of anilines is 1. The van der Waals surface area contributed by atoms with Crippen molar-refractivity contribution < 1.29 is 46.2 Å². The number of benzene rings is 3. The summed E-state index contributed by atoms with van der Waals surface area (Å²) in [6, 6.07) is 16.2. The molecule has 0 atom stereocenters. The van der Waals surface area contributed by atoms with Crippen LogP contribution < -0.4 is 5.32 Å². The van der Waals surface area contributed by atoms with Crippen molar-refractivity contribution in [3.63, 3.8) is 0 Å². The SMILES string of the molecule is CC(C)c1cccc(C(C)C)c1N/C=C1\C=CC=C(C(C)(C)C)C1=O.Cc1ccc(C(C)C)cc1.Fc1[c-]c(F)c(F)c(F)c1F.[Ru+]. The number of nitrogens with one attached hydrogen (secondary N) is 1. The van der Waals surface area contributed by atoms with E-state index in [0.717, 1.165) is 17.3 Å². The van der Waals surface area contributed by atoms with Crippen molar-refractivity contribution in [1.82, 2.24) is 0 Å². The Morgan fingerprint density at radius 2 is 1.23 bits per heavy atom. The molecule has 0 amide bonds. The molecular formula is C39H45F5NORu. The van der Waals surface area contributed by atoms with Crippen LogP contribution in [0.1, 0.15) is 102 Å². The molecule has 0 spiro atoms. The number of ketones is 1. The van der Waals surface area contributed by atoms with Gasteiger partial charge in [-0.05, 0) is 52.9 Å². The number of aryl methyl sites for hydroxylation is 1. The summed E-state index contributed by atoms with van der Waals surface area (Å²) in [5.74, 6) is -8.45. The molecule has 0 heterocycles. The summed E-state index contributed by atoms with van der Waals surface area (Å²) < 4.78 is 59.9. The predicted octanol–water partition coefficient (Wildman–Crippen LogP) is 11.6. The van der Waals surface area contributed by atoms with Gasteiger partial charge in [0.15, 0.2) is 5.78 Å². The van der Waals surface area contributed by atoms with Gasteiger partial charge in [-0.15, -0.1) is 6.07 Å². The summed E-state index contributed by atoms with van der Waals surface area (Å²) in [5.41, 5.74) is 7.86. The first-order valence-electron chi connectivity index (χ1n) is 15.4. The van der Waals surface area contributed by atoms with Crippen molar-refractivity contribution in [3.8, 4) is 0 Å². The van der Waals surface area contributed by atoms with Gasteiger partial charge in [-0.1, -0.05) is 122 Å². The number of carbonyl (C=O) groups excluding carboxylic acids is 1. The minimum atomic E-state index is -2.17. The number of hydrogen-bond donors (Lipinski definition) is 1. The number of rotatable bonds is 5. The van der Waals surface area contributed by atoms with E-state index in [1.54, 1.807) is 0 Å². The Kier molecular flexibility index (Phi) is 16.2. The summed E-state index contributed by atoms with van der Waals surface area (Å²) in [7, 11) is 0. The van der Waals surface area contributed by atoms with Crippen LogP contribution in [0.15, 0.2) is 78.0 Å². The van der Waals surface area contributed by atoms with Gasteiger partial charge in [0.2, 0.25) is 0 Å². The second-order valence-electron chi connectivity index (χ2n) is 13.1. The van der Waals surface area contributed by atoms with Crippen molar-refractivity contribution in [1.29, 1.82) is 0 Å². The molecule has 3 aromatic rings. The van der Waals surface area contributed by atoms with Crippen LogP contribution in [0.25, 0.3) is 0 Å². The van der Waals surface area contributed by atoms with Gasteiger partial charge in [-0.2, -0.15) is 0 Å². The molecule has 3 aromatic carbocycles. The maximum atomic E-state index is 12.8. The zero-order chi connectivity index (χ0) is 34.9. The van der Waals surface area contributed by atoms with Crippen LogP contribution in [-0.2, 0) is 24.3 Å². The first kappa shape index (κ1) is 41.6. The van der Waals surface area contributed by atoms with Crippen LogP contribution >= 0.6 is 0 Å². The number of carbonyl (C=O) groups is 1. The van der Waals surface area contributed by atoms with Gasteiger partial charge < -0.3 is 5.32 Å². The van der Waals surface area contributed by atoms with E-state index >= 15 is 0 Å². The smallest absolute Gasteiger partial charge is 0.360 e. The van der Waals surface area contributed by atoms with E-state index in [9.17, 15) is 26.7 Å². The van der Waals surface area contributed by atoms with Crippen molar-refractivity contribution in [2.75, 3.05) is 5.32 Å². The first-order chi connectivity index (χ1) is 21.4. The summed E-state index contributed by atoms with van der Waals surface area (Å²) in [4.78, 5) is 12.8. The molecule has 8 heteroatoms. The quantitative estimate of drug-likeness (QED) is 0.0705. The van der Waals surface area contributed by atoms with Gasteiger partial charge in [0.05, 0.1) is 29.1 Å². The number of para-hydroxylation sites is 1. The molecule has 0 saturated carbocycles. The second kappa shape index (κ2) is 18.2. The zero-order valence-electron chi connectivity index (χ0n) is 28.7. The minimum Gasteiger partial charge on any atom is -0.360 e. The Labute approximate surface area is 290 Å². The molecule has 0 bridgehead atoms. The normalized spacial score (nSPS) is 13.5.